The van der Waals surface area contributed by atoms with Crippen molar-refractivity contribution >= 4 is 0 Å². The summed E-state index contributed by atoms with van der Waals surface area (Å²) < 4.78 is 0. The normalized spacial score (nSPS) is 27.5. The van der Waals surface area contributed by atoms with Crippen molar-refractivity contribution in [1.29, 1.82) is 0 Å². The first-order chi connectivity index (χ1) is 9.13. The van der Waals surface area contributed by atoms with Crippen LogP contribution < -0.4 is 5.32 Å². The fourth-order valence-corrected chi connectivity index (χ4v) is 3.43. The highest BCUT2D eigenvalue weighted by Gasteiger charge is 2.25. The Morgan fingerprint density at radius 1 is 1.05 bits per heavy atom. The van der Waals surface area contributed by atoms with E-state index in [9.17, 15) is 0 Å². The largest absolute Gasteiger partial charge is 0.316 e. The summed E-state index contributed by atoms with van der Waals surface area (Å²) in [6.45, 7) is 13.6. The van der Waals surface area contributed by atoms with E-state index in [1.807, 2.05) is 0 Å². The molecular weight excluding hydrogens is 234 g/mol. The molecule has 2 aliphatic rings. The summed E-state index contributed by atoms with van der Waals surface area (Å²) >= 11 is 0. The molecule has 3 heteroatoms. The van der Waals surface area contributed by atoms with Crippen LogP contribution in [0.2, 0.25) is 0 Å². The van der Waals surface area contributed by atoms with Gasteiger partial charge in [-0.05, 0) is 76.8 Å². The zero-order valence-electron chi connectivity index (χ0n) is 13.2. The first-order valence-corrected chi connectivity index (χ1v) is 8.25. The molecule has 1 unspecified atom stereocenters. The number of hydrogen-bond donors (Lipinski definition) is 1. The first-order valence-electron chi connectivity index (χ1n) is 8.25. The van der Waals surface area contributed by atoms with E-state index in [4.69, 9.17) is 0 Å². The van der Waals surface area contributed by atoms with Crippen LogP contribution in [0, 0.1) is 17.8 Å². The van der Waals surface area contributed by atoms with Crippen LogP contribution in [0.5, 0.6) is 0 Å². The lowest BCUT2D eigenvalue weighted by Crippen LogP contribution is -2.36. The Bertz CT molecular complexity index is 246. The zero-order valence-corrected chi connectivity index (χ0v) is 13.2. The molecule has 0 saturated carbocycles. The molecular formula is C16H33N3. The predicted octanol–water partition coefficient (Wildman–Crippen LogP) is 1.90. The van der Waals surface area contributed by atoms with Crippen LogP contribution in [-0.4, -0.2) is 62.7 Å². The highest BCUT2D eigenvalue weighted by Crippen LogP contribution is 2.22. The van der Waals surface area contributed by atoms with Crippen molar-refractivity contribution in [2.75, 3.05) is 52.9 Å². The molecule has 0 aromatic heterocycles. The topological polar surface area (TPSA) is 18.5 Å². The molecule has 112 valence electrons. The molecule has 2 fully saturated rings. The summed E-state index contributed by atoms with van der Waals surface area (Å²) in [5.41, 5.74) is 0. The zero-order chi connectivity index (χ0) is 13.7. The standard InChI is InChI=1S/C16H33N3/c1-14(2)10-17-11-16-6-9-19(13-16)12-15-4-7-18(3)8-5-15/h14-17H,4-13H2,1-3H3. The van der Waals surface area contributed by atoms with Gasteiger partial charge in [0.15, 0.2) is 0 Å². The Morgan fingerprint density at radius 3 is 2.42 bits per heavy atom. The SMILES string of the molecule is CC(C)CNCC1CCN(CC2CCN(C)CC2)C1. The Hall–Kier alpha value is -0.120. The van der Waals surface area contributed by atoms with Gasteiger partial charge in [0, 0.05) is 13.1 Å². The van der Waals surface area contributed by atoms with E-state index in [1.54, 1.807) is 0 Å². The van der Waals surface area contributed by atoms with Crippen LogP contribution in [0.15, 0.2) is 0 Å². The van der Waals surface area contributed by atoms with Crippen LogP contribution in [0.25, 0.3) is 0 Å². The van der Waals surface area contributed by atoms with E-state index < -0.39 is 0 Å². The number of likely N-dealkylation sites (tertiary alicyclic amines) is 2. The average molecular weight is 267 g/mol. The third-order valence-corrected chi connectivity index (χ3v) is 4.71. The molecule has 2 heterocycles. The van der Waals surface area contributed by atoms with Crippen molar-refractivity contribution in [2.24, 2.45) is 17.8 Å². The van der Waals surface area contributed by atoms with Gasteiger partial charge in [-0.1, -0.05) is 13.8 Å². The number of piperidine rings is 1. The lowest BCUT2D eigenvalue weighted by atomic mass is 9.97. The molecule has 0 aromatic carbocycles. The quantitative estimate of drug-likeness (QED) is 0.793. The lowest BCUT2D eigenvalue weighted by molar-refractivity contribution is 0.173. The van der Waals surface area contributed by atoms with Gasteiger partial charge in [0.1, 0.15) is 0 Å². The van der Waals surface area contributed by atoms with Crippen LogP contribution in [0.3, 0.4) is 0 Å². The maximum atomic E-state index is 3.62. The molecule has 0 radical (unpaired) electrons. The average Bonchev–Trinajstić information content (AvgIpc) is 2.79. The summed E-state index contributed by atoms with van der Waals surface area (Å²) in [6.07, 6.45) is 4.21. The minimum Gasteiger partial charge on any atom is -0.316 e. The van der Waals surface area contributed by atoms with Crippen molar-refractivity contribution in [3.63, 3.8) is 0 Å². The molecule has 1 N–H and O–H groups in total. The molecule has 0 bridgehead atoms. The van der Waals surface area contributed by atoms with E-state index in [0.29, 0.717) is 0 Å². The van der Waals surface area contributed by atoms with Crippen LogP contribution in [-0.2, 0) is 0 Å². The molecule has 0 aliphatic carbocycles. The Morgan fingerprint density at radius 2 is 1.74 bits per heavy atom. The van der Waals surface area contributed by atoms with Gasteiger partial charge >= 0.3 is 0 Å². The van der Waals surface area contributed by atoms with Crippen molar-refractivity contribution in [2.45, 2.75) is 33.1 Å². The minimum atomic E-state index is 0.775. The molecule has 0 spiro atoms. The number of nitrogens with zero attached hydrogens (tertiary/aromatic N) is 2. The third kappa shape index (κ3) is 5.41. The summed E-state index contributed by atoms with van der Waals surface area (Å²) in [7, 11) is 2.25. The maximum absolute atomic E-state index is 3.62. The van der Waals surface area contributed by atoms with E-state index in [0.717, 1.165) is 17.8 Å². The van der Waals surface area contributed by atoms with Crippen molar-refractivity contribution in [3.8, 4) is 0 Å². The third-order valence-electron chi connectivity index (χ3n) is 4.71. The molecule has 2 rings (SSSR count). The highest BCUT2D eigenvalue weighted by molar-refractivity contribution is 4.81. The minimum absolute atomic E-state index is 0.775. The fraction of sp³-hybridized carbons (Fsp3) is 1.00. The molecule has 19 heavy (non-hydrogen) atoms. The summed E-state index contributed by atoms with van der Waals surface area (Å²) in [6, 6.07) is 0. The van der Waals surface area contributed by atoms with Crippen LogP contribution in [0.1, 0.15) is 33.1 Å². The second kappa shape index (κ2) is 7.61. The summed E-state index contributed by atoms with van der Waals surface area (Å²) in [5, 5.41) is 3.62. The monoisotopic (exact) mass is 267 g/mol. The molecule has 2 aliphatic heterocycles. The van der Waals surface area contributed by atoms with Gasteiger partial charge in [-0.15, -0.1) is 0 Å². The van der Waals surface area contributed by atoms with Gasteiger partial charge in [-0.25, -0.2) is 0 Å². The molecule has 1 atom stereocenters. The second-order valence-electron chi connectivity index (χ2n) is 7.21. The van der Waals surface area contributed by atoms with Crippen LogP contribution >= 0.6 is 0 Å². The molecule has 3 nitrogen and oxygen atoms in total. The van der Waals surface area contributed by atoms with Gasteiger partial charge in [-0.2, -0.15) is 0 Å². The molecule has 2 saturated heterocycles. The van der Waals surface area contributed by atoms with Gasteiger partial charge in [0.2, 0.25) is 0 Å². The Balaban J connectivity index is 1.59. The predicted molar refractivity (Wildman–Crippen MR) is 82.5 cm³/mol. The second-order valence-corrected chi connectivity index (χ2v) is 7.21. The number of nitrogens with one attached hydrogen (secondary N) is 1. The van der Waals surface area contributed by atoms with Gasteiger partial charge < -0.3 is 15.1 Å². The maximum Gasteiger partial charge on any atom is 0.00224 e. The molecule has 0 aromatic rings. The lowest BCUT2D eigenvalue weighted by Gasteiger charge is -2.31. The van der Waals surface area contributed by atoms with Crippen molar-refractivity contribution < 1.29 is 0 Å². The van der Waals surface area contributed by atoms with Crippen molar-refractivity contribution in [1.82, 2.24) is 15.1 Å². The Labute approximate surface area is 119 Å². The van der Waals surface area contributed by atoms with Crippen LogP contribution in [0.4, 0.5) is 0 Å². The van der Waals surface area contributed by atoms with Gasteiger partial charge in [0.05, 0.1) is 0 Å². The summed E-state index contributed by atoms with van der Waals surface area (Å²) in [5.74, 6) is 2.63. The fourth-order valence-electron chi connectivity index (χ4n) is 3.43. The van der Waals surface area contributed by atoms with E-state index in [-0.39, 0.29) is 0 Å². The van der Waals surface area contributed by atoms with Gasteiger partial charge in [0.25, 0.3) is 0 Å². The van der Waals surface area contributed by atoms with Crippen molar-refractivity contribution in [3.05, 3.63) is 0 Å². The first kappa shape index (κ1) is 15.3. The van der Waals surface area contributed by atoms with E-state index in [1.165, 1.54) is 65.1 Å². The highest BCUT2D eigenvalue weighted by atomic mass is 15.2. The Kier molecular flexibility index (Phi) is 6.11. The van der Waals surface area contributed by atoms with E-state index in [2.05, 4.69) is 36.0 Å². The summed E-state index contributed by atoms with van der Waals surface area (Å²) in [4.78, 5) is 5.19. The number of rotatable bonds is 6. The van der Waals surface area contributed by atoms with Gasteiger partial charge in [-0.3, -0.25) is 0 Å². The molecule has 0 amide bonds. The smallest absolute Gasteiger partial charge is 0.00224 e. The van der Waals surface area contributed by atoms with E-state index >= 15 is 0 Å². The number of hydrogen-bond acceptors (Lipinski definition) is 3.